The van der Waals surface area contributed by atoms with Crippen LogP contribution in [0.15, 0.2) is 30.5 Å². The highest BCUT2D eigenvalue weighted by Crippen LogP contribution is 2.32. The van der Waals surface area contributed by atoms with Crippen molar-refractivity contribution in [3.8, 4) is 11.4 Å². The maximum Gasteiger partial charge on any atom is 0.141 e. The van der Waals surface area contributed by atoms with E-state index in [2.05, 4.69) is 40.3 Å². The number of rotatable bonds is 2. The molecule has 2 aromatic heterocycles. The quantitative estimate of drug-likeness (QED) is 0.680. The van der Waals surface area contributed by atoms with Crippen LogP contribution >= 0.6 is 11.6 Å². The Bertz CT molecular complexity index is 1000. The van der Waals surface area contributed by atoms with Crippen LogP contribution in [-0.4, -0.2) is 36.6 Å². The van der Waals surface area contributed by atoms with Crippen LogP contribution in [0, 0.1) is 6.92 Å². The molecular formula is C21H24ClN5. The van der Waals surface area contributed by atoms with E-state index in [9.17, 15) is 0 Å². The van der Waals surface area contributed by atoms with Crippen LogP contribution in [0.2, 0.25) is 5.02 Å². The summed E-state index contributed by atoms with van der Waals surface area (Å²) in [5, 5.41) is 0.762. The van der Waals surface area contributed by atoms with Crippen molar-refractivity contribution >= 4 is 11.6 Å². The number of aryl methyl sites for hydroxylation is 2. The van der Waals surface area contributed by atoms with Gasteiger partial charge in [-0.25, -0.2) is 9.97 Å². The summed E-state index contributed by atoms with van der Waals surface area (Å²) < 4.78 is 4.55. The van der Waals surface area contributed by atoms with E-state index in [1.807, 2.05) is 18.2 Å². The highest BCUT2D eigenvalue weighted by Gasteiger charge is 2.31. The van der Waals surface area contributed by atoms with Crippen molar-refractivity contribution in [3.63, 3.8) is 0 Å². The lowest BCUT2D eigenvalue weighted by molar-refractivity contribution is 0.138. The number of imidazole rings is 2. The number of halogens is 1. The van der Waals surface area contributed by atoms with Crippen LogP contribution in [0.4, 0.5) is 0 Å². The van der Waals surface area contributed by atoms with Crippen molar-refractivity contribution in [3.05, 3.63) is 58.4 Å². The maximum atomic E-state index is 6.42. The molecule has 0 spiro atoms. The molecule has 3 aromatic rings. The first-order valence-electron chi connectivity index (χ1n) is 9.66. The molecule has 5 rings (SSSR count). The minimum absolute atomic E-state index is 0.553. The molecule has 0 fully saturated rings. The summed E-state index contributed by atoms with van der Waals surface area (Å²) in [5.41, 5.74) is 4.72. The third-order valence-electron chi connectivity index (χ3n) is 6.02. The Morgan fingerprint density at radius 1 is 1.15 bits per heavy atom. The van der Waals surface area contributed by atoms with E-state index in [4.69, 9.17) is 21.6 Å². The molecular weight excluding hydrogens is 358 g/mol. The fourth-order valence-corrected chi connectivity index (χ4v) is 4.81. The lowest BCUT2D eigenvalue weighted by atomic mass is 9.94. The van der Waals surface area contributed by atoms with Crippen LogP contribution in [0.1, 0.15) is 29.3 Å². The molecule has 1 unspecified atom stereocenters. The smallest absolute Gasteiger partial charge is 0.141 e. The Hall–Kier alpha value is -2.11. The molecule has 0 N–H and O–H groups in total. The summed E-state index contributed by atoms with van der Waals surface area (Å²) in [6.07, 6.45) is 5.40. The van der Waals surface area contributed by atoms with E-state index in [0.717, 1.165) is 61.0 Å². The first kappa shape index (κ1) is 17.0. The topological polar surface area (TPSA) is 38.9 Å². The summed E-state index contributed by atoms with van der Waals surface area (Å²) in [6, 6.07) is 8.53. The molecule has 6 heteroatoms. The van der Waals surface area contributed by atoms with E-state index in [0.29, 0.717) is 6.04 Å². The van der Waals surface area contributed by atoms with Gasteiger partial charge in [-0.15, -0.1) is 0 Å². The average molecular weight is 382 g/mol. The molecule has 1 atom stereocenters. The molecule has 1 aliphatic heterocycles. The molecule has 5 nitrogen and oxygen atoms in total. The Morgan fingerprint density at radius 3 is 2.85 bits per heavy atom. The Kier molecular flexibility index (Phi) is 4.10. The van der Waals surface area contributed by atoms with Gasteiger partial charge in [0.25, 0.3) is 0 Å². The molecule has 140 valence electrons. The lowest BCUT2D eigenvalue weighted by Crippen LogP contribution is -2.44. The minimum atomic E-state index is 0.553. The third kappa shape index (κ3) is 2.89. The number of aromatic nitrogens is 4. The first-order chi connectivity index (χ1) is 13.1. The van der Waals surface area contributed by atoms with Gasteiger partial charge in [0.1, 0.15) is 11.6 Å². The monoisotopic (exact) mass is 381 g/mol. The second-order valence-electron chi connectivity index (χ2n) is 7.73. The third-order valence-corrected chi connectivity index (χ3v) is 6.35. The standard InChI is InChI=1S/C21H24ClN5/c1-14-12-27-10-9-26(13-20(27)23-14)15-7-8-18-19(11-15)25(2)21(24-18)16-5-3-4-6-17(16)22/h3-6,12,15H,7-11,13H2,1-2H3. The van der Waals surface area contributed by atoms with Gasteiger partial charge in [0.15, 0.2) is 0 Å². The molecule has 3 heterocycles. The van der Waals surface area contributed by atoms with Gasteiger partial charge in [-0.1, -0.05) is 23.7 Å². The zero-order valence-electron chi connectivity index (χ0n) is 15.8. The van der Waals surface area contributed by atoms with Crippen molar-refractivity contribution < 1.29 is 0 Å². The molecule has 0 saturated heterocycles. The zero-order chi connectivity index (χ0) is 18.5. The summed E-state index contributed by atoms with van der Waals surface area (Å²) in [4.78, 5) is 12.2. The average Bonchev–Trinajstić information content (AvgIpc) is 3.20. The van der Waals surface area contributed by atoms with Crippen molar-refractivity contribution in [1.29, 1.82) is 0 Å². The Labute approximate surface area is 164 Å². The number of nitrogens with zero attached hydrogens (tertiary/aromatic N) is 5. The molecule has 0 bridgehead atoms. The first-order valence-corrected chi connectivity index (χ1v) is 10.0. The van der Waals surface area contributed by atoms with Gasteiger partial charge in [-0.2, -0.15) is 0 Å². The summed E-state index contributed by atoms with van der Waals surface area (Å²) in [5.74, 6) is 2.18. The van der Waals surface area contributed by atoms with Crippen LogP contribution in [0.3, 0.4) is 0 Å². The summed E-state index contributed by atoms with van der Waals surface area (Å²) in [7, 11) is 2.12. The molecule has 1 aromatic carbocycles. The maximum absolute atomic E-state index is 6.42. The number of hydrogen-bond acceptors (Lipinski definition) is 3. The minimum Gasteiger partial charge on any atom is -0.332 e. The molecule has 0 amide bonds. The molecule has 1 aliphatic carbocycles. The van der Waals surface area contributed by atoms with E-state index >= 15 is 0 Å². The van der Waals surface area contributed by atoms with Gasteiger partial charge in [0.2, 0.25) is 0 Å². The highest BCUT2D eigenvalue weighted by molar-refractivity contribution is 6.33. The SMILES string of the molecule is Cc1cn2c(n1)CN(C1CCc3nc(-c4ccccc4Cl)n(C)c3C1)CC2. The van der Waals surface area contributed by atoms with E-state index in [1.165, 1.54) is 17.2 Å². The van der Waals surface area contributed by atoms with Crippen molar-refractivity contribution in [2.24, 2.45) is 7.05 Å². The van der Waals surface area contributed by atoms with Gasteiger partial charge in [-0.3, -0.25) is 4.90 Å². The molecule has 27 heavy (non-hydrogen) atoms. The van der Waals surface area contributed by atoms with E-state index in [-0.39, 0.29) is 0 Å². The molecule has 0 radical (unpaired) electrons. The normalized spacial score (nSPS) is 19.7. The second-order valence-corrected chi connectivity index (χ2v) is 8.13. The van der Waals surface area contributed by atoms with Crippen LogP contribution < -0.4 is 0 Å². The molecule has 0 saturated carbocycles. The summed E-state index contributed by atoms with van der Waals surface area (Å²) in [6.45, 7) is 5.16. The zero-order valence-corrected chi connectivity index (χ0v) is 16.6. The van der Waals surface area contributed by atoms with E-state index in [1.54, 1.807) is 0 Å². The Balaban J connectivity index is 1.41. The second kappa shape index (κ2) is 6.50. The number of benzene rings is 1. The number of hydrogen-bond donors (Lipinski definition) is 0. The van der Waals surface area contributed by atoms with Crippen LogP contribution in [-0.2, 0) is 33.0 Å². The fourth-order valence-electron chi connectivity index (χ4n) is 4.59. The number of fused-ring (bicyclic) bond motifs is 2. The van der Waals surface area contributed by atoms with Gasteiger partial charge < -0.3 is 9.13 Å². The van der Waals surface area contributed by atoms with Crippen molar-refractivity contribution in [1.82, 2.24) is 24.0 Å². The van der Waals surface area contributed by atoms with Crippen LogP contribution in [0.5, 0.6) is 0 Å². The lowest BCUT2D eigenvalue weighted by Gasteiger charge is -2.36. The Morgan fingerprint density at radius 2 is 2.00 bits per heavy atom. The van der Waals surface area contributed by atoms with E-state index < -0.39 is 0 Å². The van der Waals surface area contributed by atoms with Crippen molar-refractivity contribution in [2.75, 3.05) is 6.54 Å². The predicted octanol–water partition coefficient (Wildman–Crippen LogP) is 3.62. The largest absolute Gasteiger partial charge is 0.332 e. The van der Waals surface area contributed by atoms with Crippen LogP contribution in [0.25, 0.3) is 11.4 Å². The molecule has 2 aliphatic rings. The van der Waals surface area contributed by atoms with Gasteiger partial charge in [0, 0.05) is 50.1 Å². The van der Waals surface area contributed by atoms with Gasteiger partial charge >= 0.3 is 0 Å². The highest BCUT2D eigenvalue weighted by atomic mass is 35.5. The van der Waals surface area contributed by atoms with Crippen molar-refractivity contribution in [2.45, 2.75) is 45.3 Å². The van der Waals surface area contributed by atoms with Gasteiger partial charge in [-0.05, 0) is 31.9 Å². The van der Waals surface area contributed by atoms with Gasteiger partial charge in [0.05, 0.1) is 23.0 Å². The predicted molar refractivity (Wildman–Crippen MR) is 107 cm³/mol. The summed E-state index contributed by atoms with van der Waals surface area (Å²) >= 11 is 6.42. The fraction of sp³-hybridized carbons (Fsp3) is 0.429.